The molecule has 1 saturated carbocycles. The molecule has 0 radical (unpaired) electrons. The fourth-order valence-electron chi connectivity index (χ4n) is 3.05. The number of hydrogen-bond donors (Lipinski definition) is 1. The van der Waals surface area contributed by atoms with Gasteiger partial charge in [-0.3, -0.25) is 9.59 Å². The molecule has 1 aliphatic heterocycles. The van der Waals surface area contributed by atoms with Crippen molar-refractivity contribution in [3.05, 3.63) is 29.3 Å². The van der Waals surface area contributed by atoms with E-state index in [1.54, 1.807) is 11.9 Å². The summed E-state index contributed by atoms with van der Waals surface area (Å²) in [5.74, 6) is -0.729. The molecule has 0 saturated heterocycles. The van der Waals surface area contributed by atoms with Gasteiger partial charge in [-0.05, 0) is 24.0 Å². The van der Waals surface area contributed by atoms with Gasteiger partial charge in [-0.2, -0.15) is 0 Å². The molecule has 1 aromatic carbocycles. The minimum atomic E-state index is -0.774. The van der Waals surface area contributed by atoms with Gasteiger partial charge in [0.25, 0.3) is 0 Å². The molecule has 4 heteroatoms. The Hall–Kier alpha value is -1.84. The first-order chi connectivity index (χ1) is 8.56. The second kappa shape index (κ2) is 3.57. The molecule has 0 spiro atoms. The molecule has 0 aromatic heterocycles. The fourth-order valence-corrected chi connectivity index (χ4v) is 3.05. The van der Waals surface area contributed by atoms with Crippen LogP contribution in [0.5, 0.6) is 0 Å². The molecule has 1 heterocycles. The van der Waals surface area contributed by atoms with Gasteiger partial charge in [0.2, 0.25) is 5.91 Å². The highest BCUT2D eigenvalue weighted by Gasteiger charge is 2.48. The monoisotopic (exact) mass is 245 g/mol. The van der Waals surface area contributed by atoms with E-state index in [1.807, 2.05) is 18.2 Å². The molecular formula is C14H15NO3. The van der Waals surface area contributed by atoms with Gasteiger partial charge < -0.3 is 10.0 Å². The fraction of sp³-hybridized carbons (Fsp3) is 0.429. The molecule has 1 fully saturated rings. The number of aliphatic carboxylic acids is 1. The molecule has 0 bridgehead atoms. The Morgan fingerprint density at radius 3 is 2.67 bits per heavy atom. The van der Waals surface area contributed by atoms with Crippen molar-refractivity contribution in [3.8, 4) is 0 Å². The highest BCUT2D eigenvalue weighted by Crippen LogP contribution is 2.49. The molecule has 4 nitrogen and oxygen atoms in total. The van der Waals surface area contributed by atoms with E-state index in [9.17, 15) is 14.7 Å². The third-order valence-electron chi connectivity index (χ3n) is 4.30. The summed E-state index contributed by atoms with van der Waals surface area (Å²) < 4.78 is 0. The Balaban J connectivity index is 2.18. The van der Waals surface area contributed by atoms with Crippen LogP contribution in [0.1, 0.15) is 30.4 Å². The summed E-state index contributed by atoms with van der Waals surface area (Å²) in [7, 11) is 1.73. The maximum Gasteiger partial charge on any atom is 0.314 e. The number of carboxylic acid groups (broad SMARTS) is 1. The van der Waals surface area contributed by atoms with Crippen LogP contribution in [0.25, 0.3) is 0 Å². The normalized spacial score (nSPS) is 20.5. The lowest BCUT2D eigenvalue weighted by molar-refractivity contribution is -0.147. The van der Waals surface area contributed by atoms with Crippen molar-refractivity contribution < 1.29 is 14.7 Å². The number of rotatable bonds is 2. The molecule has 18 heavy (non-hydrogen) atoms. The average Bonchev–Trinajstić information content (AvgIpc) is 2.53. The molecule has 1 aromatic rings. The van der Waals surface area contributed by atoms with Crippen molar-refractivity contribution in [2.24, 2.45) is 0 Å². The van der Waals surface area contributed by atoms with Crippen LogP contribution in [-0.2, 0) is 21.4 Å². The first kappa shape index (κ1) is 11.3. The maximum absolute atomic E-state index is 11.8. The second-order valence-corrected chi connectivity index (χ2v) is 5.18. The van der Waals surface area contributed by atoms with Crippen molar-refractivity contribution in [2.45, 2.75) is 31.1 Å². The number of nitrogens with zero attached hydrogens (tertiary/aromatic N) is 1. The first-order valence-corrected chi connectivity index (χ1v) is 6.18. The summed E-state index contributed by atoms with van der Waals surface area (Å²) in [6, 6.07) is 5.64. The zero-order valence-corrected chi connectivity index (χ0v) is 10.3. The number of carbonyl (C=O) groups excluding carboxylic acids is 1. The van der Waals surface area contributed by atoms with Crippen LogP contribution >= 0.6 is 0 Å². The van der Waals surface area contributed by atoms with Crippen molar-refractivity contribution >= 4 is 17.6 Å². The lowest BCUT2D eigenvalue weighted by Crippen LogP contribution is -2.43. The molecule has 0 unspecified atom stereocenters. The average molecular weight is 245 g/mol. The van der Waals surface area contributed by atoms with E-state index >= 15 is 0 Å². The molecule has 1 N–H and O–H groups in total. The van der Waals surface area contributed by atoms with Crippen LogP contribution in [0.4, 0.5) is 5.69 Å². The summed E-state index contributed by atoms with van der Waals surface area (Å²) >= 11 is 0. The third kappa shape index (κ3) is 1.26. The quantitative estimate of drug-likeness (QED) is 0.863. The molecule has 3 rings (SSSR count). The second-order valence-electron chi connectivity index (χ2n) is 5.18. The van der Waals surface area contributed by atoms with Crippen LogP contribution in [-0.4, -0.2) is 24.0 Å². The predicted octanol–water partition coefficient (Wildman–Crippen LogP) is 1.71. The van der Waals surface area contributed by atoms with E-state index in [1.165, 1.54) is 0 Å². The molecule has 0 atom stereocenters. The summed E-state index contributed by atoms with van der Waals surface area (Å²) in [5, 5.41) is 9.52. The van der Waals surface area contributed by atoms with E-state index in [0.717, 1.165) is 23.2 Å². The SMILES string of the molecule is CN1C(=O)Cc2cccc(C3(C(=O)O)CCC3)c21. The van der Waals surface area contributed by atoms with E-state index in [0.29, 0.717) is 19.3 Å². The number of carboxylic acids is 1. The number of para-hydroxylation sites is 1. The van der Waals surface area contributed by atoms with Gasteiger partial charge in [0.1, 0.15) is 0 Å². The van der Waals surface area contributed by atoms with Crippen LogP contribution in [0.15, 0.2) is 18.2 Å². The highest BCUT2D eigenvalue weighted by atomic mass is 16.4. The number of amides is 1. The van der Waals surface area contributed by atoms with Gasteiger partial charge in [-0.1, -0.05) is 24.6 Å². The minimum absolute atomic E-state index is 0.0392. The van der Waals surface area contributed by atoms with Gasteiger partial charge in [0, 0.05) is 7.05 Å². The van der Waals surface area contributed by atoms with Gasteiger partial charge >= 0.3 is 5.97 Å². The molecule has 1 aliphatic carbocycles. The van der Waals surface area contributed by atoms with E-state index in [-0.39, 0.29) is 5.91 Å². The maximum atomic E-state index is 11.8. The van der Waals surface area contributed by atoms with Crippen molar-refractivity contribution in [3.63, 3.8) is 0 Å². The van der Waals surface area contributed by atoms with E-state index < -0.39 is 11.4 Å². The number of fused-ring (bicyclic) bond motifs is 1. The number of carbonyl (C=O) groups is 2. The summed E-state index contributed by atoms with van der Waals surface area (Å²) in [5.41, 5.74) is 1.81. The number of likely N-dealkylation sites (N-methyl/N-ethyl adjacent to an activating group) is 1. The number of hydrogen-bond acceptors (Lipinski definition) is 2. The highest BCUT2D eigenvalue weighted by molar-refractivity contribution is 6.03. The van der Waals surface area contributed by atoms with Gasteiger partial charge in [0.05, 0.1) is 17.5 Å². The van der Waals surface area contributed by atoms with Crippen LogP contribution < -0.4 is 4.90 Å². The lowest BCUT2D eigenvalue weighted by Gasteiger charge is -2.39. The van der Waals surface area contributed by atoms with Crippen molar-refractivity contribution in [1.82, 2.24) is 0 Å². The van der Waals surface area contributed by atoms with Gasteiger partial charge in [-0.15, -0.1) is 0 Å². The number of anilines is 1. The Morgan fingerprint density at radius 1 is 1.39 bits per heavy atom. The van der Waals surface area contributed by atoms with Crippen molar-refractivity contribution in [2.75, 3.05) is 11.9 Å². The Morgan fingerprint density at radius 2 is 2.11 bits per heavy atom. The third-order valence-corrected chi connectivity index (χ3v) is 4.30. The smallest absolute Gasteiger partial charge is 0.314 e. The lowest BCUT2D eigenvalue weighted by atomic mass is 9.64. The van der Waals surface area contributed by atoms with E-state index in [4.69, 9.17) is 0 Å². The predicted molar refractivity (Wildman–Crippen MR) is 66.7 cm³/mol. The first-order valence-electron chi connectivity index (χ1n) is 6.18. The summed E-state index contributed by atoms with van der Waals surface area (Å²) in [6.45, 7) is 0. The number of benzene rings is 1. The zero-order chi connectivity index (χ0) is 12.9. The van der Waals surface area contributed by atoms with Crippen molar-refractivity contribution in [1.29, 1.82) is 0 Å². The molecule has 94 valence electrons. The van der Waals surface area contributed by atoms with Crippen LogP contribution in [0.2, 0.25) is 0 Å². The Labute approximate surface area is 105 Å². The van der Waals surface area contributed by atoms with Gasteiger partial charge in [0.15, 0.2) is 0 Å². The van der Waals surface area contributed by atoms with Crippen LogP contribution in [0.3, 0.4) is 0 Å². The van der Waals surface area contributed by atoms with Gasteiger partial charge in [-0.25, -0.2) is 0 Å². The minimum Gasteiger partial charge on any atom is -0.481 e. The molecule has 2 aliphatic rings. The topological polar surface area (TPSA) is 57.6 Å². The Kier molecular flexibility index (Phi) is 2.24. The summed E-state index contributed by atoms with van der Waals surface area (Å²) in [6.07, 6.45) is 2.66. The van der Waals surface area contributed by atoms with Crippen LogP contribution in [0, 0.1) is 0 Å². The standard InChI is InChI=1S/C14H15NO3/c1-15-11(16)8-9-4-2-5-10(12(9)15)14(13(17)18)6-3-7-14/h2,4-5H,3,6-8H2,1H3,(H,17,18). The molecule has 1 amide bonds. The Bertz CT molecular complexity index is 546. The largest absolute Gasteiger partial charge is 0.481 e. The van der Waals surface area contributed by atoms with E-state index in [2.05, 4.69) is 0 Å². The zero-order valence-electron chi connectivity index (χ0n) is 10.3. The molecular weight excluding hydrogens is 230 g/mol. The summed E-state index contributed by atoms with van der Waals surface area (Å²) in [4.78, 5) is 25.0.